The number of halogens is 2. The molecular formula is C23H28Cl2N2O3. The molecule has 0 unspecified atom stereocenters. The number of carbonyl (C=O) groups is 2. The van der Waals surface area contributed by atoms with E-state index in [1.807, 2.05) is 43.3 Å². The highest BCUT2D eigenvalue weighted by atomic mass is 35.5. The second kappa shape index (κ2) is 10.7. The molecule has 0 aromatic heterocycles. The third-order valence-electron chi connectivity index (χ3n) is 4.34. The topological polar surface area (TPSA) is 67.4 Å². The molecule has 2 amide bonds. The lowest BCUT2D eigenvalue weighted by atomic mass is 10.0. The van der Waals surface area contributed by atoms with Crippen LogP contribution in [0.15, 0.2) is 42.5 Å². The first-order valence-electron chi connectivity index (χ1n) is 9.90. The van der Waals surface area contributed by atoms with Crippen LogP contribution in [0.1, 0.15) is 39.7 Å². The van der Waals surface area contributed by atoms with Gasteiger partial charge in [0.1, 0.15) is 11.6 Å². The summed E-state index contributed by atoms with van der Waals surface area (Å²) in [6.45, 7) is 7.64. The summed E-state index contributed by atoms with van der Waals surface area (Å²) in [5, 5.41) is 6.53. The van der Waals surface area contributed by atoms with Gasteiger partial charge in [-0.2, -0.15) is 0 Å². The zero-order valence-electron chi connectivity index (χ0n) is 17.7. The number of hydrogen-bond donors (Lipinski definition) is 2. The van der Waals surface area contributed by atoms with Crippen molar-refractivity contribution in [1.82, 2.24) is 10.6 Å². The Morgan fingerprint density at radius 2 is 1.63 bits per heavy atom. The van der Waals surface area contributed by atoms with Crippen molar-refractivity contribution in [3.05, 3.63) is 58.1 Å². The smallest absolute Gasteiger partial charge is 0.408 e. The second-order valence-electron chi connectivity index (χ2n) is 7.97. The van der Waals surface area contributed by atoms with Crippen LogP contribution in [0.3, 0.4) is 0 Å². The Balaban J connectivity index is 1.85. The average Bonchev–Trinajstić information content (AvgIpc) is 2.67. The van der Waals surface area contributed by atoms with E-state index in [1.54, 1.807) is 26.8 Å². The van der Waals surface area contributed by atoms with Crippen molar-refractivity contribution >= 4 is 35.2 Å². The van der Waals surface area contributed by atoms with Gasteiger partial charge in [-0.3, -0.25) is 4.79 Å². The van der Waals surface area contributed by atoms with Gasteiger partial charge in [-0.1, -0.05) is 60.5 Å². The van der Waals surface area contributed by atoms with E-state index in [4.69, 9.17) is 27.9 Å². The maximum atomic E-state index is 12.4. The van der Waals surface area contributed by atoms with Crippen LogP contribution in [0.25, 0.3) is 11.1 Å². The van der Waals surface area contributed by atoms with Crippen LogP contribution in [0, 0.1) is 0 Å². The highest BCUT2D eigenvalue weighted by Crippen LogP contribution is 2.28. The van der Waals surface area contributed by atoms with E-state index in [-0.39, 0.29) is 5.91 Å². The van der Waals surface area contributed by atoms with Crippen molar-refractivity contribution in [2.75, 3.05) is 6.54 Å². The van der Waals surface area contributed by atoms with Gasteiger partial charge in [0.05, 0.1) is 10.0 Å². The maximum Gasteiger partial charge on any atom is 0.408 e. The van der Waals surface area contributed by atoms with Gasteiger partial charge in [0.25, 0.3) is 0 Å². The van der Waals surface area contributed by atoms with Crippen LogP contribution in [0.5, 0.6) is 0 Å². The lowest BCUT2D eigenvalue weighted by molar-refractivity contribution is -0.123. The van der Waals surface area contributed by atoms with Crippen LogP contribution < -0.4 is 10.6 Å². The maximum absolute atomic E-state index is 12.4. The van der Waals surface area contributed by atoms with Crippen molar-refractivity contribution in [2.24, 2.45) is 0 Å². The number of hydrogen-bond acceptors (Lipinski definition) is 3. The van der Waals surface area contributed by atoms with E-state index in [9.17, 15) is 9.59 Å². The lowest BCUT2D eigenvalue weighted by Crippen LogP contribution is -2.48. The predicted molar refractivity (Wildman–Crippen MR) is 122 cm³/mol. The Kier molecular flexibility index (Phi) is 8.56. The van der Waals surface area contributed by atoms with E-state index in [1.165, 1.54) is 0 Å². The second-order valence-corrected chi connectivity index (χ2v) is 8.79. The number of amides is 2. The van der Waals surface area contributed by atoms with Crippen LogP contribution in [-0.2, 0) is 16.0 Å². The molecule has 0 aliphatic rings. The minimum absolute atomic E-state index is 0.226. The largest absolute Gasteiger partial charge is 0.444 e. The third kappa shape index (κ3) is 7.54. The number of nitrogens with one attached hydrogen (secondary N) is 2. The fraction of sp³-hybridized carbons (Fsp3) is 0.391. The normalized spacial score (nSPS) is 12.2. The number of alkyl carbamates (subject to hydrolysis) is 1. The standard InChI is InChI=1S/C23H28Cl2N2O3/c1-5-20(27-22(29)30-23(2,3)4)21(28)26-13-12-15-6-8-16(9-7-15)17-10-11-18(24)19(25)14-17/h6-11,14,20H,5,12-13H2,1-4H3,(H,26,28)(H,27,29)/t20-/m0/s1. The van der Waals surface area contributed by atoms with Gasteiger partial charge >= 0.3 is 6.09 Å². The molecule has 7 heteroatoms. The van der Waals surface area contributed by atoms with Crippen LogP contribution in [0.4, 0.5) is 4.79 Å². The number of rotatable bonds is 7. The SMILES string of the molecule is CC[C@H](NC(=O)OC(C)(C)C)C(=O)NCCc1ccc(-c2ccc(Cl)c(Cl)c2)cc1. The first-order chi connectivity index (χ1) is 14.1. The van der Waals surface area contributed by atoms with Gasteiger partial charge in [-0.25, -0.2) is 4.79 Å². The molecule has 0 heterocycles. The summed E-state index contributed by atoms with van der Waals surface area (Å²) in [6.07, 6.45) is 0.557. The molecule has 0 fully saturated rings. The molecular weight excluding hydrogens is 423 g/mol. The molecule has 2 aromatic rings. The number of benzene rings is 2. The molecule has 0 radical (unpaired) electrons. The quantitative estimate of drug-likeness (QED) is 0.574. The monoisotopic (exact) mass is 450 g/mol. The predicted octanol–water partition coefficient (Wildman–Crippen LogP) is 5.62. The summed E-state index contributed by atoms with van der Waals surface area (Å²) in [5.41, 5.74) is 2.51. The van der Waals surface area contributed by atoms with E-state index in [0.717, 1.165) is 16.7 Å². The Labute approximate surface area is 188 Å². The molecule has 0 spiro atoms. The highest BCUT2D eigenvalue weighted by molar-refractivity contribution is 6.42. The van der Waals surface area contributed by atoms with Gasteiger partial charge in [-0.15, -0.1) is 0 Å². The van der Waals surface area contributed by atoms with Crippen molar-refractivity contribution < 1.29 is 14.3 Å². The average molecular weight is 451 g/mol. The van der Waals surface area contributed by atoms with E-state index < -0.39 is 17.7 Å². The number of carbonyl (C=O) groups excluding carboxylic acids is 2. The first-order valence-corrected chi connectivity index (χ1v) is 10.7. The Hall–Kier alpha value is -2.24. The summed E-state index contributed by atoms with van der Waals surface area (Å²) in [4.78, 5) is 24.2. The van der Waals surface area contributed by atoms with Gasteiger partial charge < -0.3 is 15.4 Å². The van der Waals surface area contributed by atoms with Gasteiger partial charge in [0.15, 0.2) is 0 Å². The molecule has 2 rings (SSSR count). The van der Waals surface area contributed by atoms with E-state index >= 15 is 0 Å². The van der Waals surface area contributed by atoms with Gasteiger partial charge in [-0.05, 0) is 62.4 Å². The molecule has 2 N–H and O–H groups in total. The summed E-state index contributed by atoms with van der Waals surface area (Å²) >= 11 is 12.1. The van der Waals surface area contributed by atoms with E-state index in [0.29, 0.717) is 29.4 Å². The van der Waals surface area contributed by atoms with E-state index in [2.05, 4.69) is 10.6 Å². The van der Waals surface area contributed by atoms with Crippen molar-refractivity contribution in [3.8, 4) is 11.1 Å². The molecule has 0 aliphatic heterocycles. The molecule has 2 aromatic carbocycles. The van der Waals surface area contributed by atoms with Crippen LogP contribution in [-0.4, -0.2) is 30.2 Å². The van der Waals surface area contributed by atoms with Crippen molar-refractivity contribution in [2.45, 2.75) is 52.2 Å². The molecule has 30 heavy (non-hydrogen) atoms. The van der Waals surface area contributed by atoms with Crippen LogP contribution >= 0.6 is 23.2 Å². The molecule has 5 nitrogen and oxygen atoms in total. The minimum Gasteiger partial charge on any atom is -0.444 e. The molecule has 0 saturated heterocycles. The zero-order valence-corrected chi connectivity index (χ0v) is 19.2. The van der Waals surface area contributed by atoms with Crippen LogP contribution in [0.2, 0.25) is 10.0 Å². The third-order valence-corrected chi connectivity index (χ3v) is 5.07. The number of ether oxygens (including phenoxy) is 1. The fourth-order valence-corrected chi connectivity index (χ4v) is 3.09. The Morgan fingerprint density at radius 3 is 2.20 bits per heavy atom. The zero-order chi connectivity index (χ0) is 22.3. The van der Waals surface area contributed by atoms with Crippen molar-refractivity contribution in [1.29, 1.82) is 0 Å². The van der Waals surface area contributed by atoms with Gasteiger partial charge in [0, 0.05) is 6.54 Å². The van der Waals surface area contributed by atoms with Crippen molar-refractivity contribution in [3.63, 3.8) is 0 Å². The molecule has 1 atom stereocenters. The fourth-order valence-electron chi connectivity index (χ4n) is 2.80. The Morgan fingerprint density at radius 1 is 1.00 bits per heavy atom. The highest BCUT2D eigenvalue weighted by Gasteiger charge is 2.22. The molecule has 162 valence electrons. The Bertz CT molecular complexity index is 877. The molecule has 0 saturated carbocycles. The van der Waals surface area contributed by atoms with Gasteiger partial charge in [0.2, 0.25) is 5.91 Å². The summed E-state index contributed by atoms with van der Waals surface area (Å²) in [7, 11) is 0. The molecule has 0 bridgehead atoms. The lowest BCUT2D eigenvalue weighted by Gasteiger charge is -2.22. The summed E-state index contributed by atoms with van der Waals surface area (Å²) in [5.74, 6) is -0.226. The summed E-state index contributed by atoms with van der Waals surface area (Å²) in [6, 6.07) is 13.0. The minimum atomic E-state index is -0.628. The molecule has 0 aliphatic carbocycles. The summed E-state index contributed by atoms with van der Waals surface area (Å²) < 4.78 is 5.21. The first kappa shape index (κ1) is 24.0.